The number of para-hydroxylation sites is 1. The van der Waals surface area contributed by atoms with Crippen LogP contribution >= 0.6 is 23.1 Å². The Labute approximate surface area is 192 Å². The molecule has 3 aromatic heterocycles. The first-order valence-corrected chi connectivity index (χ1v) is 12.1. The number of nitriles is 1. The maximum absolute atomic E-state index is 12.5. The number of thiophene rings is 1. The summed E-state index contributed by atoms with van der Waals surface area (Å²) < 4.78 is 7.91. The van der Waals surface area contributed by atoms with Gasteiger partial charge in [0, 0.05) is 29.3 Å². The van der Waals surface area contributed by atoms with Crippen molar-refractivity contribution >= 4 is 44.9 Å². The Kier molecular flexibility index (Phi) is 5.94. The Morgan fingerprint density at radius 3 is 3.12 bits per heavy atom. The van der Waals surface area contributed by atoms with Gasteiger partial charge in [-0.25, -0.2) is 0 Å². The number of rotatable bonds is 7. The molecule has 1 aliphatic rings. The molecule has 10 heteroatoms. The molecule has 0 bridgehead atoms. The molecule has 1 aromatic carbocycles. The molecule has 1 fully saturated rings. The molecule has 8 nitrogen and oxygen atoms in total. The molecular weight excluding hydrogens is 444 g/mol. The highest BCUT2D eigenvalue weighted by Crippen LogP contribution is 2.31. The molecule has 4 heterocycles. The molecule has 1 aliphatic heterocycles. The van der Waals surface area contributed by atoms with Crippen LogP contribution in [0.2, 0.25) is 0 Å². The molecule has 162 valence electrons. The molecule has 0 aliphatic carbocycles. The van der Waals surface area contributed by atoms with Crippen LogP contribution in [0, 0.1) is 11.3 Å². The first kappa shape index (κ1) is 20.8. The van der Waals surface area contributed by atoms with Gasteiger partial charge in [0.25, 0.3) is 0 Å². The van der Waals surface area contributed by atoms with E-state index in [4.69, 9.17) is 10.00 Å². The summed E-state index contributed by atoms with van der Waals surface area (Å²) in [5.41, 5.74) is 2.48. The number of carbonyl (C=O) groups is 1. The molecule has 4 aromatic rings. The second-order valence-electron chi connectivity index (χ2n) is 7.41. The topological polar surface area (TPSA) is 109 Å². The number of nitrogens with one attached hydrogen (secondary N) is 2. The number of fused-ring (bicyclic) bond motifs is 1. The maximum Gasteiger partial charge on any atom is 0.235 e. The molecular formula is C22H20N6O2S2. The summed E-state index contributed by atoms with van der Waals surface area (Å²) in [4.78, 5) is 15.8. The van der Waals surface area contributed by atoms with Gasteiger partial charge in [0.15, 0.2) is 11.0 Å². The lowest BCUT2D eigenvalue weighted by molar-refractivity contribution is -0.113. The molecule has 32 heavy (non-hydrogen) atoms. The summed E-state index contributed by atoms with van der Waals surface area (Å²) in [6.45, 7) is 1.40. The van der Waals surface area contributed by atoms with Crippen LogP contribution in [-0.2, 0) is 16.1 Å². The van der Waals surface area contributed by atoms with Crippen LogP contribution < -0.4 is 5.32 Å². The fourth-order valence-corrected chi connectivity index (χ4v) is 5.30. The van der Waals surface area contributed by atoms with Gasteiger partial charge in [-0.3, -0.25) is 9.36 Å². The van der Waals surface area contributed by atoms with E-state index in [1.165, 1.54) is 23.1 Å². The molecule has 0 radical (unpaired) electrons. The number of nitrogens with zero attached hydrogens (tertiary/aromatic N) is 4. The van der Waals surface area contributed by atoms with Crippen molar-refractivity contribution in [1.29, 1.82) is 5.26 Å². The summed E-state index contributed by atoms with van der Waals surface area (Å²) >= 11 is 2.67. The molecule has 1 amide bonds. The minimum atomic E-state index is -0.186. The number of carbonyl (C=O) groups excluding carboxylic acids is 1. The Hall–Kier alpha value is -3.13. The average Bonchev–Trinajstić information content (AvgIpc) is 3.60. The molecule has 0 saturated carbocycles. The van der Waals surface area contributed by atoms with Crippen molar-refractivity contribution in [3.8, 4) is 17.5 Å². The number of H-pyrrole nitrogens is 1. The number of aromatic nitrogens is 4. The number of amides is 1. The van der Waals surface area contributed by atoms with E-state index in [1.807, 2.05) is 24.4 Å². The molecule has 1 atom stereocenters. The predicted octanol–water partition coefficient (Wildman–Crippen LogP) is 4.27. The van der Waals surface area contributed by atoms with Gasteiger partial charge < -0.3 is 15.0 Å². The van der Waals surface area contributed by atoms with E-state index in [1.54, 1.807) is 11.4 Å². The number of thioether (sulfide) groups is 1. The minimum absolute atomic E-state index is 0.104. The standard InChI is InChI=1S/C22H20N6O2S2/c23-10-14-7-9-31-21(14)25-19(29)13-32-22-27-26-20(28(22)12-15-4-3-8-30-15)17-11-24-18-6-2-1-5-16(17)18/h1-2,5-7,9,11,15,24H,3-4,8,12-13H2,(H,25,29). The largest absolute Gasteiger partial charge is 0.376 e. The van der Waals surface area contributed by atoms with Crippen LogP contribution in [0.3, 0.4) is 0 Å². The van der Waals surface area contributed by atoms with E-state index >= 15 is 0 Å². The van der Waals surface area contributed by atoms with E-state index in [-0.39, 0.29) is 17.8 Å². The van der Waals surface area contributed by atoms with Crippen molar-refractivity contribution < 1.29 is 9.53 Å². The highest BCUT2D eigenvalue weighted by Gasteiger charge is 2.23. The zero-order valence-corrected chi connectivity index (χ0v) is 18.7. The number of benzene rings is 1. The summed E-state index contributed by atoms with van der Waals surface area (Å²) in [5, 5.41) is 24.9. The zero-order chi connectivity index (χ0) is 21.9. The third-order valence-corrected chi connectivity index (χ3v) is 7.12. The lowest BCUT2D eigenvalue weighted by Crippen LogP contribution is -2.18. The summed E-state index contributed by atoms with van der Waals surface area (Å²) in [6.07, 6.45) is 4.09. The smallest absolute Gasteiger partial charge is 0.235 e. The molecule has 0 spiro atoms. The normalized spacial score (nSPS) is 15.8. The van der Waals surface area contributed by atoms with E-state index in [9.17, 15) is 4.79 Å². The van der Waals surface area contributed by atoms with Crippen molar-refractivity contribution in [1.82, 2.24) is 19.7 Å². The first-order chi connectivity index (χ1) is 15.7. The fourth-order valence-electron chi connectivity index (χ4n) is 3.79. The highest BCUT2D eigenvalue weighted by molar-refractivity contribution is 7.99. The average molecular weight is 465 g/mol. The van der Waals surface area contributed by atoms with Gasteiger partial charge in [-0.1, -0.05) is 30.0 Å². The Bertz CT molecular complexity index is 1300. The zero-order valence-electron chi connectivity index (χ0n) is 17.1. The number of hydrogen-bond donors (Lipinski definition) is 2. The van der Waals surface area contributed by atoms with Gasteiger partial charge in [0.05, 0.1) is 24.0 Å². The van der Waals surface area contributed by atoms with Gasteiger partial charge in [-0.15, -0.1) is 21.5 Å². The summed E-state index contributed by atoms with van der Waals surface area (Å²) in [7, 11) is 0. The number of ether oxygens (including phenoxy) is 1. The number of hydrogen-bond acceptors (Lipinski definition) is 7. The number of anilines is 1. The van der Waals surface area contributed by atoms with Crippen molar-refractivity contribution in [2.24, 2.45) is 0 Å². The predicted molar refractivity (Wildman–Crippen MR) is 125 cm³/mol. The quantitative estimate of drug-likeness (QED) is 0.396. The first-order valence-electron chi connectivity index (χ1n) is 10.2. The van der Waals surface area contributed by atoms with Crippen LogP contribution in [0.1, 0.15) is 18.4 Å². The van der Waals surface area contributed by atoms with Gasteiger partial charge in [0.2, 0.25) is 5.91 Å². The molecule has 5 rings (SSSR count). The fraction of sp³-hybridized carbons (Fsp3) is 0.273. The van der Waals surface area contributed by atoms with E-state index in [2.05, 4.69) is 37.2 Å². The highest BCUT2D eigenvalue weighted by atomic mass is 32.2. The summed E-state index contributed by atoms with van der Waals surface area (Å²) in [6, 6.07) is 11.9. The summed E-state index contributed by atoms with van der Waals surface area (Å²) in [5.74, 6) is 0.737. The third-order valence-electron chi connectivity index (χ3n) is 5.33. The molecule has 1 unspecified atom stereocenters. The van der Waals surface area contributed by atoms with E-state index in [0.717, 1.165) is 41.7 Å². The SMILES string of the molecule is N#Cc1ccsc1NC(=O)CSc1nnc(-c2c[nH]c3ccccc23)n1CC1CCCO1. The Balaban J connectivity index is 1.39. The van der Waals surface area contributed by atoms with Crippen LogP contribution in [0.15, 0.2) is 47.1 Å². The van der Waals surface area contributed by atoms with Crippen LogP contribution in [0.5, 0.6) is 0 Å². The third kappa shape index (κ3) is 4.14. The second-order valence-corrected chi connectivity index (χ2v) is 9.27. The van der Waals surface area contributed by atoms with Gasteiger partial charge in [0.1, 0.15) is 11.1 Å². The van der Waals surface area contributed by atoms with E-state index in [0.29, 0.717) is 22.3 Å². The van der Waals surface area contributed by atoms with Gasteiger partial charge >= 0.3 is 0 Å². The van der Waals surface area contributed by atoms with Gasteiger partial charge in [-0.05, 0) is 30.4 Å². The van der Waals surface area contributed by atoms with Crippen molar-refractivity contribution in [3.63, 3.8) is 0 Å². The Morgan fingerprint density at radius 1 is 1.38 bits per heavy atom. The second kappa shape index (κ2) is 9.16. The van der Waals surface area contributed by atoms with Crippen molar-refractivity contribution in [2.75, 3.05) is 17.7 Å². The lowest BCUT2D eigenvalue weighted by Gasteiger charge is -2.14. The maximum atomic E-state index is 12.5. The molecule has 1 saturated heterocycles. The van der Waals surface area contributed by atoms with Crippen molar-refractivity contribution in [3.05, 3.63) is 47.5 Å². The lowest BCUT2D eigenvalue weighted by atomic mass is 10.1. The monoisotopic (exact) mass is 464 g/mol. The van der Waals surface area contributed by atoms with Gasteiger partial charge in [-0.2, -0.15) is 5.26 Å². The van der Waals surface area contributed by atoms with E-state index < -0.39 is 0 Å². The van der Waals surface area contributed by atoms with Crippen LogP contribution in [0.25, 0.3) is 22.3 Å². The Morgan fingerprint density at radius 2 is 2.28 bits per heavy atom. The van der Waals surface area contributed by atoms with Crippen molar-refractivity contribution in [2.45, 2.75) is 30.6 Å². The minimum Gasteiger partial charge on any atom is -0.376 e. The van der Waals surface area contributed by atoms with Crippen LogP contribution in [0.4, 0.5) is 5.00 Å². The van der Waals surface area contributed by atoms with Crippen LogP contribution in [-0.4, -0.2) is 44.1 Å². The number of aromatic amines is 1. The molecule has 2 N–H and O–H groups in total.